The second-order valence-electron chi connectivity index (χ2n) is 6.02. The van der Waals surface area contributed by atoms with Gasteiger partial charge in [-0.3, -0.25) is 5.41 Å². The maximum Gasteiger partial charge on any atom is 0.0963 e. The summed E-state index contributed by atoms with van der Waals surface area (Å²) in [7, 11) is 0. The molecule has 0 aliphatic heterocycles. The van der Waals surface area contributed by atoms with Gasteiger partial charge < -0.3 is 10.6 Å². The molecule has 3 nitrogen and oxygen atoms in total. The van der Waals surface area contributed by atoms with E-state index in [0.29, 0.717) is 5.84 Å². The molecule has 0 radical (unpaired) electrons. The molecule has 0 aromatic rings. The lowest BCUT2D eigenvalue weighted by Crippen LogP contribution is -2.33. The van der Waals surface area contributed by atoms with Crippen LogP contribution in [-0.2, 0) is 0 Å². The number of rotatable bonds is 9. The van der Waals surface area contributed by atoms with Gasteiger partial charge in [0.25, 0.3) is 0 Å². The molecule has 0 saturated heterocycles. The van der Waals surface area contributed by atoms with Crippen molar-refractivity contribution in [1.29, 1.82) is 5.41 Å². The Balaban J connectivity index is 2.24. The van der Waals surface area contributed by atoms with Crippen molar-refractivity contribution in [2.24, 2.45) is 11.1 Å². The van der Waals surface area contributed by atoms with Crippen LogP contribution in [0.2, 0.25) is 0 Å². The molecule has 3 N–H and O–H groups in total. The number of nitrogens with one attached hydrogen (secondary N) is 1. The van der Waals surface area contributed by atoms with Crippen molar-refractivity contribution in [3.8, 4) is 0 Å². The highest BCUT2D eigenvalue weighted by molar-refractivity contribution is 5.82. The number of amidine groups is 1. The minimum atomic E-state index is -0.125. The minimum Gasteiger partial charge on any atom is -0.387 e. The summed E-state index contributed by atoms with van der Waals surface area (Å²) in [6, 6.07) is 0.863. The van der Waals surface area contributed by atoms with Crippen molar-refractivity contribution in [3.05, 3.63) is 0 Å². The van der Waals surface area contributed by atoms with E-state index in [1.54, 1.807) is 0 Å². The Labute approximate surface area is 106 Å². The number of hydrogen-bond donors (Lipinski definition) is 2. The Morgan fingerprint density at radius 2 is 1.88 bits per heavy atom. The lowest BCUT2D eigenvalue weighted by Gasteiger charge is -2.26. The van der Waals surface area contributed by atoms with Crippen LogP contribution in [0.5, 0.6) is 0 Å². The van der Waals surface area contributed by atoms with Gasteiger partial charge in [-0.05, 0) is 45.2 Å². The third-order valence-electron chi connectivity index (χ3n) is 3.84. The average Bonchev–Trinajstić information content (AvgIpc) is 3.06. The van der Waals surface area contributed by atoms with E-state index < -0.39 is 0 Å². The van der Waals surface area contributed by atoms with Gasteiger partial charge in [-0.25, -0.2) is 0 Å². The molecule has 0 heterocycles. The van der Waals surface area contributed by atoms with E-state index in [-0.39, 0.29) is 5.41 Å². The maximum absolute atomic E-state index is 7.55. The van der Waals surface area contributed by atoms with Crippen molar-refractivity contribution < 1.29 is 0 Å². The fraction of sp³-hybridized carbons (Fsp3) is 0.929. The van der Waals surface area contributed by atoms with Crippen LogP contribution in [0.4, 0.5) is 0 Å². The van der Waals surface area contributed by atoms with Crippen LogP contribution < -0.4 is 5.73 Å². The second-order valence-corrected chi connectivity index (χ2v) is 6.02. The van der Waals surface area contributed by atoms with Gasteiger partial charge in [0.15, 0.2) is 0 Å². The van der Waals surface area contributed by atoms with Crippen molar-refractivity contribution in [2.45, 2.75) is 65.3 Å². The number of unbranched alkanes of at least 4 members (excludes halogenated alkanes) is 1. The highest BCUT2D eigenvalue weighted by Gasteiger charge is 2.29. The van der Waals surface area contributed by atoms with Gasteiger partial charge in [-0.2, -0.15) is 0 Å². The second kappa shape index (κ2) is 6.39. The molecule has 3 heteroatoms. The third-order valence-corrected chi connectivity index (χ3v) is 3.84. The quantitative estimate of drug-likeness (QED) is 0.480. The van der Waals surface area contributed by atoms with Crippen molar-refractivity contribution in [2.75, 3.05) is 13.1 Å². The summed E-state index contributed by atoms with van der Waals surface area (Å²) in [6.45, 7) is 8.83. The standard InChI is InChI=1S/C14H29N3/c1-4-5-10-17(12-7-8-12)11-6-9-14(2,3)13(15)16/h12H,4-11H2,1-3H3,(H3,15,16). The van der Waals surface area contributed by atoms with Gasteiger partial charge in [0.1, 0.15) is 0 Å². The molecule has 0 aromatic carbocycles. The van der Waals surface area contributed by atoms with E-state index in [0.717, 1.165) is 18.9 Å². The number of nitrogens with zero attached hydrogens (tertiary/aromatic N) is 1. The molecule has 1 fully saturated rings. The molecule has 0 bridgehead atoms. The van der Waals surface area contributed by atoms with E-state index >= 15 is 0 Å². The Morgan fingerprint density at radius 3 is 2.35 bits per heavy atom. The summed E-state index contributed by atoms with van der Waals surface area (Å²) in [5.74, 6) is 0.323. The molecular weight excluding hydrogens is 210 g/mol. The lowest BCUT2D eigenvalue weighted by atomic mass is 9.86. The summed E-state index contributed by atoms with van der Waals surface area (Å²) in [4.78, 5) is 2.64. The van der Waals surface area contributed by atoms with Crippen molar-refractivity contribution >= 4 is 5.84 Å². The maximum atomic E-state index is 7.55. The fourth-order valence-electron chi connectivity index (χ4n) is 2.14. The normalized spacial score (nSPS) is 16.5. The summed E-state index contributed by atoms with van der Waals surface area (Å²) >= 11 is 0. The SMILES string of the molecule is CCCCN(CCCC(C)(C)C(=N)N)C1CC1. The van der Waals surface area contributed by atoms with Crippen LogP contribution in [0.3, 0.4) is 0 Å². The van der Waals surface area contributed by atoms with E-state index in [1.807, 2.05) is 0 Å². The van der Waals surface area contributed by atoms with E-state index in [4.69, 9.17) is 11.1 Å². The molecule has 17 heavy (non-hydrogen) atoms. The van der Waals surface area contributed by atoms with Gasteiger partial charge in [-0.1, -0.05) is 27.2 Å². The molecular formula is C14H29N3. The van der Waals surface area contributed by atoms with Crippen LogP contribution in [0.1, 0.15) is 59.3 Å². The van der Waals surface area contributed by atoms with Gasteiger partial charge in [0.2, 0.25) is 0 Å². The minimum absolute atomic E-state index is 0.125. The van der Waals surface area contributed by atoms with Crippen LogP contribution in [-0.4, -0.2) is 29.9 Å². The first kappa shape index (κ1) is 14.5. The van der Waals surface area contributed by atoms with E-state index in [9.17, 15) is 0 Å². The molecule has 1 saturated carbocycles. The van der Waals surface area contributed by atoms with Gasteiger partial charge in [-0.15, -0.1) is 0 Å². The van der Waals surface area contributed by atoms with Crippen molar-refractivity contribution in [3.63, 3.8) is 0 Å². The molecule has 0 unspecified atom stereocenters. The van der Waals surface area contributed by atoms with E-state index in [2.05, 4.69) is 25.7 Å². The van der Waals surface area contributed by atoms with E-state index in [1.165, 1.54) is 38.8 Å². The zero-order valence-electron chi connectivity index (χ0n) is 11.8. The Morgan fingerprint density at radius 1 is 1.29 bits per heavy atom. The Kier molecular flexibility index (Phi) is 5.44. The Bertz CT molecular complexity index is 244. The monoisotopic (exact) mass is 239 g/mol. The zero-order valence-corrected chi connectivity index (χ0v) is 11.8. The van der Waals surface area contributed by atoms with Gasteiger partial charge in [0, 0.05) is 11.5 Å². The highest BCUT2D eigenvalue weighted by Crippen LogP contribution is 2.28. The highest BCUT2D eigenvalue weighted by atomic mass is 15.2. The molecule has 1 aliphatic rings. The Hall–Kier alpha value is -0.570. The smallest absolute Gasteiger partial charge is 0.0963 e. The molecule has 0 atom stereocenters. The molecule has 0 spiro atoms. The van der Waals surface area contributed by atoms with Gasteiger partial charge >= 0.3 is 0 Å². The summed E-state index contributed by atoms with van der Waals surface area (Å²) < 4.78 is 0. The van der Waals surface area contributed by atoms with Crippen molar-refractivity contribution in [1.82, 2.24) is 4.90 Å². The van der Waals surface area contributed by atoms with Crippen LogP contribution >= 0.6 is 0 Å². The fourth-order valence-corrected chi connectivity index (χ4v) is 2.14. The summed E-state index contributed by atoms with van der Waals surface area (Å²) in [5, 5.41) is 7.55. The molecule has 100 valence electrons. The topological polar surface area (TPSA) is 53.1 Å². The summed E-state index contributed by atoms with van der Waals surface area (Å²) in [5.41, 5.74) is 5.48. The predicted molar refractivity (Wildman–Crippen MR) is 74.4 cm³/mol. The number of nitrogens with two attached hydrogens (primary N) is 1. The third kappa shape index (κ3) is 5.07. The first-order valence-electron chi connectivity index (χ1n) is 7.06. The molecule has 1 aliphatic carbocycles. The average molecular weight is 239 g/mol. The van der Waals surface area contributed by atoms with Crippen LogP contribution in [0.15, 0.2) is 0 Å². The first-order valence-corrected chi connectivity index (χ1v) is 7.06. The zero-order chi connectivity index (χ0) is 12.9. The lowest BCUT2D eigenvalue weighted by molar-refractivity contribution is 0.244. The molecule has 1 rings (SSSR count). The molecule has 0 amide bonds. The largest absolute Gasteiger partial charge is 0.387 e. The summed E-state index contributed by atoms with van der Waals surface area (Å²) in [6.07, 6.45) is 7.55. The van der Waals surface area contributed by atoms with Crippen LogP contribution in [0.25, 0.3) is 0 Å². The first-order chi connectivity index (χ1) is 7.97. The number of hydrogen-bond acceptors (Lipinski definition) is 2. The van der Waals surface area contributed by atoms with Gasteiger partial charge in [0.05, 0.1) is 5.84 Å². The van der Waals surface area contributed by atoms with Crippen LogP contribution in [0, 0.1) is 10.8 Å². The molecule has 0 aromatic heterocycles. The predicted octanol–water partition coefficient (Wildman–Crippen LogP) is 2.99.